The average Bonchev–Trinajstić information content (AvgIpc) is 3.21. The molecule has 1 N–H and O–H groups in total. The molecule has 1 atom stereocenters. The molecule has 0 saturated carbocycles. The van der Waals surface area contributed by atoms with Gasteiger partial charge in [0.25, 0.3) is 0 Å². The average molecular weight is 377 g/mol. The zero-order valence-electron chi connectivity index (χ0n) is 14.7. The van der Waals surface area contributed by atoms with E-state index < -0.39 is 4.92 Å². The molecule has 1 aliphatic rings. The summed E-state index contributed by atoms with van der Waals surface area (Å²) in [6, 6.07) is 8.51. The van der Waals surface area contributed by atoms with E-state index in [0.717, 1.165) is 0 Å². The Morgan fingerprint density at radius 2 is 2.29 bits per heavy atom. The highest BCUT2D eigenvalue weighted by atomic mass is 16.6. The molecule has 2 aromatic heterocycles. The number of fused-ring (bicyclic) bond motifs is 1. The van der Waals surface area contributed by atoms with E-state index in [0.29, 0.717) is 41.9 Å². The third-order valence-electron chi connectivity index (χ3n) is 4.38. The number of nitriles is 1. The van der Waals surface area contributed by atoms with Crippen molar-refractivity contribution in [3.63, 3.8) is 0 Å². The molecule has 0 radical (unpaired) electrons. The summed E-state index contributed by atoms with van der Waals surface area (Å²) in [5.41, 5.74) is 1.64. The van der Waals surface area contributed by atoms with Crippen LogP contribution in [0, 0.1) is 21.4 Å². The van der Waals surface area contributed by atoms with E-state index >= 15 is 0 Å². The van der Waals surface area contributed by atoms with Gasteiger partial charge in [0.2, 0.25) is 0 Å². The minimum absolute atomic E-state index is 0.137. The topological polar surface area (TPSA) is 123 Å². The molecule has 0 spiro atoms. The lowest BCUT2D eigenvalue weighted by Gasteiger charge is -2.15. The molecule has 0 amide bonds. The van der Waals surface area contributed by atoms with Gasteiger partial charge in [0, 0.05) is 36.3 Å². The molecule has 9 nitrogen and oxygen atoms in total. The van der Waals surface area contributed by atoms with Crippen LogP contribution in [0.15, 0.2) is 42.9 Å². The molecule has 28 heavy (non-hydrogen) atoms. The predicted molar refractivity (Wildman–Crippen MR) is 100 cm³/mol. The fourth-order valence-electron chi connectivity index (χ4n) is 3.03. The van der Waals surface area contributed by atoms with Crippen molar-refractivity contribution < 1.29 is 14.4 Å². The Hall–Kier alpha value is -3.77. The van der Waals surface area contributed by atoms with E-state index in [1.807, 2.05) is 0 Å². The quantitative estimate of drug-likeness (QED) is 0.530. The molecule has 3 aromatic rings. The van der Waals surface area contributed by atoms with Crippen LogP contribution in [0.2, 0.25) is 0 Å². The number of nitrogens with zero attached hydrogens (tertiary/aromatic N) is 4. The Bertz CT molecular complexity index is 1080. The van der Waals surface area contributed by atoms with Crippen LogP contribution in [0.3, 0.4) is 0 Å². The number of nitro benzene ring substituents is 1. The van der Waals surface area contributed by atoms with E-state index in [1.54, 1.807) is 24.5 Å². The zero-order chi connectivity index (χ0) is 19.5. The third kappa shape index (κ3) is 3.41. The van der Waals surface area contributed by atoms with Crippen molar-refractivity contribution in [2.45, 2.75) is 12.5 Å². The van der Waals surface area contributed by atoms with Crippen LogP contribution in [0.1, 0.15) is 12.0 Å². The summed E-state index contributed by atoms with van der Waals surface area (Å²) in [7, 11) is 0. The molecule has 9 heteroatoms. The van der Waals surface area contributed by atoms with Gasteiger partial charge in [-0.2, -0.15) is 5.26 Å². The van der Waals surface area contributed by atoms with Crippen LogP contribution in [0.25, 0.3) is 10.9 Å². The summed E-state index contributed by atoms with van der Waals surface area (Å²) < 4.78 is 11.1. The molecule has 3 heterocycles. The number of benzene rings is 1. The van der Waals surface area contributed by atoms with E-state index in [9.17, 15) is 15.4 Å². The number of ether oxygens (including phenoxy) is 2. The summed E-state index contributed by atoms with van der Waals surface area (Å²) in [5.74, 6) is 0.137. The number of anilines is 2. The second-order valence-electron chi connectivity index (χ2n) is 6.22. The van der Waals surface area contributed by atoms with Crippen LogP contribution in [0.5, 0.6) is 5.75 Å². The zero-order valence-corrected chi connectivity index (χ0v) is 14.7. The molecule has 1 saturated heterocycles. The highest BCUT2D eigenvalue weighted by Gasteiger charge is 2.25. The fourth-order valence-corrected chi connectivity index (χ4v) is 3.03. The van der Waals surface area contributed by atoms with Gasteiger partial charge in [-0.05, 0) is 12.1 Å². The predicted octanol–water partition coefficient (Wildman–Crippen LogP) is 3.32. The largest absolute Gasteiger partial charge is 0.481 e. The Morgan fingerprint density at radius 1 is 1.39 bits per heavy atom. The van der Waals surface area contributed by atoms with Crippen LogP contribution >= 0.6 is 0 Å². The van der Waals surface area contributed by atoms with E-state index in [2.05, 4.69) is 21.4 Å². The SMILES string of the molecule is N#Cc1cnc2cc(OC3CCOC3)c([N+](=O)[O-])cc2c1Nc1cccnc1. The van der Waals surface area contributed by atoms with Gasteiger partial charge in [-0.1, -0.05) is 0 Å². The van der Waals surface area contributed by atoms with Crippen LogP contribution < -0.4 is 10.1 Å². The van der Waals surface area contributed by atoms with Crippen molar-refractivity contribution in [1.29, 1.82) is 5.26 Å². The van der Waals surface area contributed by atoms with Crippen molar-refractivity contribution >= 4 is 28.0 Å². The number of hydrogen-bond acceptors (Lipinski definition) is 8. The maximum Gasteiger partial charge on any atom is 0.311 e. The third-order valence-corrected chi connectivity index (χ3v) is 4.38. The second kappa shape index (κ2) is 7.46. The highest BCUT2D eigenvalue weighted by molar-refractivity contribution is 5.98. The van der Waals surface area contributed by atoms with E-state index in [4.69, 9.17) is 9.47 Å². The monoisotopic (exact) mass is 377 g/mol. The second-order valence-corrected chi connectivity index (χ2v) is 6.22. The van der Waals surface area contributed by atoms with Crippen molar-refractivity contribution in [1.82, 2.24) is 9.97 Å². The van der Waals surface area contributed by atoms with Gasteiger partial charge in [0.15, 0.2) is 5.75 Å². The lowest BCUT2D eigenvalue weighted by atomic mass is 10.1. The van der Waals surface area contributed by atoms with E-state index in [-0.39, 0.29) is 23.1 Å². The Kier molecular flexibility index (Phi) is 4.70. The van der Waals surface area contributed by atoms with E-state index in [1.165, 1.54) is 18.3 Å². The molecule has 1 aromatic carbocycles. The Labute approximate surface area is 159 Å². The number of nitrogens with one attached hydrogen (secondary N) is 1. The highest BCUT2D eigenvalue weighted by Crippen LogP contribution is 2.37. The van der Waals surface area contributed by atoms with Gasteiger partial charge in [-0.3, -0.25) is 20.1 Å². The summed E-state index contributed by atoms with van der Waals surface area (Å²) in [5, 5.41) is 24.7. The summed E-state index contributed by atoms with van der Waals surface area (Å²) in [6.45, 7) is 0.957. The van der Waals surface area contributed by atoms with Gasteiger partial charge < -0.3 is 14.8 Å². The minimum Gasteiger partial charge on any atom is -0.481 e. The number of hydrogen-bond donors (Lipinski definition) is 1. The van der Waals surface area contributed by atoms with Crippen LogP contribution in [-0.4, -0.2) is 34.2 Å². The molecule has 0 aliphatic carbocycles. The number of pyridine rings is 2. The molecule has 1 unspecified atom stereocenters. The van der Waals surface area contributed by atoms with Crippen LogP contribution in [-0.2, 0) is 4.74 Å². The van der Waals surface area contributed by atoms with Gasteiger partial charge in [0.05, 0.1) is 46.8 Å². The molecule has 140 valence electrons. The first kappa shape index (κ1) is 17.6. The lowest BCUT2D eigenvalue weighted by molar-refractivity contribution is -0.385. The van der Waals surface area contributed by atoms with Gasteiger partial charge >= 0.3 is 5.69 Å². The fraction of sp³-hybridized carbons (Fsp3) is 0.211. The standard InChI is InChI=1S/C19H15N5O4/c20-8-12-9-22-16-7-18(28-14-3-5-27-11-14)17(24(25)26)6-15(16)19(12)23-13-2-1-4-21-10-13/h1-2,4,6-7,9-10,14H,3,5,11H2,(H,22,23). The van der Waals surface area contributed by atoms with Gasteiger partial charge in [0.1, 0.15) is 12.2 Å². The van der Waals surface area contributed by atoms with Crippen molar-refractivity contribution in [2.24, 2.45) is 0 Å². The summed E-state index contributed by atoms with van der Waals surface area (Å²) >= 11 is 0. The number of rotatable bonds is 5. The number of aromatic nitrogens is 2. The maximum atomic E-state index is 11.6. The molecular weight excluding hydrogens is 362 g/mol. The van der Waals surface area contributed by atoms with Gasteiger partial charge in [-0.25, -0.2) is 0 Å². The first-order valence-corrected chi connectivity index (χ1v) is 8.58. The first-order chi connectivity index (χ1) is 13.7. The normalized spacial score (nSPS) is 15.9. The minimum atomic E-state index is -0.502. The Balaban J connectivity index is 1.84. The molecule has 1 aliphatic heterocycles. The van der Waals surface area contributed by atoms with Crippen LogP contribution in [0.4, 0.5) is 17.1 Å². The van der Waals surface area contributed by atoms with Crippen molar-refractivity contribution in [3.8, 4) is 11.8 Å². The van der Waals surface area contributed by atoms with Crippen molar-refractivity contribution in [2.75, 3.05) is 18.5 Å². The van der Waals surface area contributed by atoms with Gasteiger partial charge in [-0.15, -0.1) is 0 Å². The Morgan fingerprint density at radius 3 is 2.96 bits per heavy atom. The summed E-state index contributed by atoms with van der Waals surface area (Å²) in [6.07, 6.45) is 5.09. The molecule has 4 rings (SSSR count). The molecular formula is C19H15N5O4. The summed E-state index contributed by atoms with van der Waals surface area (Å²) in [4.78, 5) is 19.4. The first-order valence-electron chi connectivity index (χ1n) is 8.58. The molecule has 1 fully saturated rings. The smallest absolute Gasteiger partial charge is 0.311 e. The van der Waals surface area contributed by atoms with Crippen molar-refractivity contribution in [3.05, 3.63) is 58.5 Å². The molecule has 0 bridgehead atoms. The lowest BCUT2D eigenvalue weighted by Crippen LogP contribution is -2.16. The number of nitro groups is 1. The maximum absolute atomic E-state index is 11.6.